The summed E-state index contributed by atoms with van der Waals surface area (Å²) >= 11 is 0. The smallest absolute Gasteiger partial charge is 0.0900 e. The molecule has 0 aliphatic heterocycles. The third-order valence-electron chi connectivity index (χ3n) is 5.89. The number of unbranched alkanes of at least 4 members (excludes halogenated alkanes) is 6. The lowest BCUT2D eigenvalue weighted by molar-refractivity contribution is -0.0261. The molecule has 2 atom stereocenters. The minimum atomic E-state index is -0.495. The highest BCUT2D eigenvalue weighted by molar-refractivity contribution is 4.80. The van der Waals surface area contributed by atoms with Crippen molar-refractivity contribution >= 4 is 0 Å². The molecule has 5 nitrogen and oxygen atoms in total. The molecular formula is C24H49NO4. The van der Waals surface area contributed by atoms with Crippen LogP contribution in [0.15, 0.2) is 0 Å². The van der Waals surface area contributed by atoms with Crippen LogP contribution in [0.1, 0.15) is 97.3 Å². The molecule has 0 aromatic rings. The highest BCUT2D eigenvalue weighted by atomic mass is 16.5. The van der Waals surface area contributed by atoms with E-state index < -0.39 is 12.2 Å². The Labute approximate surface area is 180 Å². The average molecular weight is 416 g/mol. The monoisotopic (exact) mass is 415 g/mol. The molecular weight excluding hydrogens is 366 g/mol. The summed E-state index contributed by atoms with van der Waals surface area (Å²) < 4.78 is 11.4. The molecule has 0 bridgehead atoms. The third-order valence-corrected chi connectivity index (χ3v) is 5.89. The van der Waals surface area contributed by atoms with Crippen LogP contribution in [0.3, 0.4) is 0 Å². The first kappa shape index (κ1) is 26.8. The van der Waals surface area contributed by atoms with E-state index in [1.165, 1.54) is 57.8 Å². The van der Waals surface area contributed by atoms with E-state index in [2.05, 4.69) is 18.7 Å². The van der Waals surface area contributed by atoms with Crippen molar-refractivity contribution < 1.29 is 19.7 Å². The van der Waals surface area contributed by atoms with Crippen LogP contribution < -0.4 is 0 Å². The summed E-state index contributed by atoms with van der Waals surface area (Å²) in [6.45, 7) is 7.80. The first-order chi connectivity index (χ1) is 14.2. The number of aliphatic hydroxyl groups is 2. The summed E-state index contributed by atoms with van der Waals surface area (Å²) in [5.74, 6) is 0. The van der Waals surface area contributed by atoms with Gasteiger partial charge in [0.2, 0.25) is 0 Å². The molecule has 1 aliphatic carbocycles. The molecule has 1 saturated carbocycles. The number of ether oxygens (including phenoxy) is 2. The minimum absolute atomic E-state index is 0.388. The zero-order valence-corrected chi connectivity index (χ0v) is 19.3. The van der Waals surface area contributed by atoms with Crippen molar-refractivity contribution in [2.24, 2.45) is 0 Å². The van der Waals surface area contributed by atoms with Crippen molar-refractivity contribution in [1.82, 2.24) is 4.90 Å². The van der Waals surface area contributed by atoms with E-state index in [1.807, 2.05) is 0 Å². The fourth-order valence-electron chi connectivity index (χ4n) is 4.17. The number of hydrogen-bond acceptors (Lipinski definition) is 5. The summed E-state index contributed by atoms with van der Waals surface area (Å²) in [5.41, 5.74) is 0. The molecule has 5 heteroatoms. The van der Waals surface area contributed by atoms with E-state index in [0.29, 0.717) is 32.3 Å². The van der Waals surface area contributed by atoms with Crippen LogP contribution >= 0.6 is 0 Å². The quantitative estimate of drug-likeness (QED) is 0.303. The predicted molar refractivity (Wildman–Crippen MR) is 120 cm³/mol. The van der Waals surface area contributed by atoms with Gasteiger partial charge in [-0.2, -0.15) is 0 Å². The Morgan fingerprint density at radius 2 is 1.21 bits per heavy atom. The molecule has 0 radical (unpaired) electrons. The molecule has 0 amide bonds. The Kier molecular flexibility index (Phi) is 17.2. The topological polar surface area (TPSA) is 62.2 Å². The molecule has 0 heterocycles. The van der Waals surface area contributed by atoms with Gasteiger partial charge in [-0.1, -0.05) is 71.6 Å². The molecule has 174 valence electrons. The minimum Gasteiger partial charge on any atom is -0.389 e. The second kappa shape index (κ2) is 18.6. The van der Waals surface area contributed by atoms with Crippen LogP contribution in [0.5, 0.6) is 0 Å². The van der Waals surface area contributed by atoms with E-state index in [0.717, 1.165) is 38.9 Å². The van der Waals surface area contributed by atoms with Crippen molar-refractivity contribution in [2.45, 2.75) is 116 Å². The van der Waals surface area contributed by atoms with E-state index >= 15 is 0 Å². The molecule has 2 N–H and O–H groups in total. The lowest BCUT2D eigenvalue weighted by atomic mass is 9.93. The highest BCUT2D eigenvalue weighted by Gasteiger charge is 2.25. The van der Waals surface area contributed by atoms with Gasteiger partial charge >= 0.3 is 0 Å². The van der Waals surface area contributed by atoms with Gasteiger partial charge in [-0.3, -0.25) is 4.90 Å². The van der Waals surface area contributed by atoms with Gasteiger partial charge in [0.05, 0.1) is 25.4 Å². The third kappa shape index (κ3) is 14.4. The number of aliphatic hydroxyl groups excluding tert-OH is 2. The average Bonchev–Trinajstić information content (AvgIpc) is 2.73. The number of rotatable bonds is 19. The molecule has 0 aromatic carbocycles. The maximum Gasteiger partial charge on any atom is 0.0900 e. The van der Waals surface area contributed by atoms with Crippen molar-refractivity contribution in [1.29, 1.82) is 0 Å². The molecule has 2 unspecified atom stereocenters. The van der Waals surface area contributed by atoms with Gasteiger partial charge in [0.25, 0.3) is 0 Å². The molecule has 1 rings (SSSR count). The maximum atomic E-state index is 10.5. The first-order valence-corrected chi connectivity index (χ1v) is 12.4. The number of nitrogens with zero attached hydrogens (tertiary/aromatic N) is 1. The van der Waals surface area contributed by atoms with Gasteiger partial charge in [-0.25, -0.2) is 0 Å². The lowest BCUT2D eigenvalue weighted by Gasteiger charge is -2.36. The van der Waals surface area contributed by atoms with Crippen LogP contribution in [0.25, 0.3) is 0 Å². The van der Waals surface area contributed by atoms with Gasteiger partial charge in [-0.15, -0.1) is 0 Å². The van der Waals surface area contributed by atoms with E-state index in [4.69, 9.17) is 9.47 Å². The van der Waals surface area contributed by atoms with Crippen LogP contribution in [0.2, 0.25) is 0 Å². The van der Waals surface area contributed by atoms with Crippen molar-refractivity contribution in [2.75, 3.05) is 39.5 Å². The number of hydrogen-bond donors (Lipinski definition) is 2. The van der Waals surface area contributed by atoms with E-state index in [-0.39, 0.29) is 0 Å². The Morgan fingerprint density at radius 1 is 0.724 bits per heavy atom. The Morgan fingerprint density at radius 3 is 1.66 bits per heavy atom. The Bertz CT molecular complexity index is 326. The van der Waals surface area contributed by atoms with Gasteiger partial charge in [0.15, 0.2) is 0 Å². The summed E-state index contributed by atoms with van der Waals surface area (Å²) in [5, 5.41) is 21.0. The lowest BCUT2D eigenvalue weighted by Crippen LogP contribution is -2.47. The van der Waals surface area contributed by atoms with E-state index in [1.54, 1.807) is 0 Å². The SMILES string of the molecule is CCCCCCOCC(O)CN(CC(O)COCCCCCC)C1CCCCC1. The van der Waals surface area contributed by atoms with Crippen molar-refractivity contribution in [3.63, 3.8) is 0 Å². The van der Waals surface area contributed by atoms with Gasteiger partial charge in [0.1, 0.15) is 0 Å². The molecule has 29 heavy (non-hydrogen) atoms. The van der Waals surface area contributed by atoms with Crippen LogP contribution in [0.4, 0.5) is 0 Å². The second-order valence-corrected chi connectivity index (χ2v) is 8.82. The predicted octanol–water partition coefficient (Wildman–Crippen LogP) is 4.54. The zero-order chi connectivity index (χ0) is 21.2. The van der Waals surface area contributed by atoms with E-state index in [9.17, 15) is 10.2 Å². The summed E-state index contributed by atoms with van der Waals surface area (Å²) in [4.78, 5) is 2.29. The Hall–Kier alpha value is -0.200. The van der Waals surface area contributed by atoms with Crippen LogP contribution in [-0.4, -0.2) is 72.9 Å². The molecule has 0 spiro atoms. The van der Waals surface area contributed by atoms with Crippen LogP contribution in [0, 0.1) is 0 Å². The van der Waals surface area contributed by atoms with Crippen molar-refractivity contribution in [3.05, 3.63) is 0 Å². The zero-order valence-electron chi connectivity index (χ0n) is 19.3. The molecule has 1 aliphatic rings. The fourth-order valence-corrected chi connectivity index (χ4v) is 4.17. The van der Waals surface area contributed by atoms with Gasteiger partial charge < -0.3 is 19.7 Å². The van der Waals surface area contributed by atoms with Crippen molar-refractivity contribution in [3.8, 4) is 0 Å². The summed E-state index contributed by atoms with van der Waals surface area (Å²) in [6.07, 6.45) is 14.6. The maximum absolute atomic E-state index is 10.5. The molecule has 1 fully saturated rings. The molecule has 0 saturated heterocycles. The standard InChI is InChI=1S/C24H49NO4/c1-3-5-7-12-16-28-20-23(26)18-25(22-14-10-9-11-15-22)19-24(27)21-29-17-13-8-6-4-2/h22-24,26-27H,3-21H2,1-2H3. The highest BCUT2D eigenvalue weighted by Crippen LogP contribution is 2.23. The normalized spacial score (nSPS) is 17.7. The molecule has 0 aromatic heterocycles. The summed E-state index contributed by atoms with van der Waals surface area (Å²) in [6, 6.07) is 0.460. The second-order valence-electron chi connectivity index (χ2n) is 8.82. The fraction of sp³-hybridized carbons (Fsp3) is 1.00. The first-order valence-electron chi connectivity index (χ1n) is 12.4. The Balaban J connectivity index is 2.31. The largest absolute Gasteiger partial charge is 0.389 e. The summed E-state index contributed by atoms with van der Waals surface area (Å²) in [7, 11) is 0. The van der Waals surface area contributed by atoms with Gasteiger partial charge in [0, 0.05) is 32.3 Å². The van der Waals surface area contributed by atoms with Crippen LogP contribution in [-0.2, 0) is 9.47 Å². The van der Waals surface area contributed by atoms with Gasteiger partial charge in [-0.05, 0) is 25.7 Å².